The molecular weight excluding hydrogens is 204 g/mol. The second-order valence-electron chi connectivity index (χ2n) is 3.83. The van der Waals surface area contributed by atoms with Gasteiger partial charge in [0.05, 0.1) is 7.11 Å². The van der Waals surface area contributed by atoms with Crippen LogP contribution in [-0.4, -0.2) is 19.6 Å². The average Bonchev–Trinajstić information content (AvgIpc) is 2.61. The molecule has 16 heavy (non-hydrogen) atoms. The van der Waals surface area contributed by atoms with Gasteiger partial charge in [0.25, 0.3) is 0 Å². The maximum Gasteiger partial charge on any atom is 0.246 e. The fourth-order valence-corrected chi connectivity index (χ4v) is 1.86. The first kappa shape index (κ1) is 11.0. The van der Waals surface area contributed by atoms with Gasteiger partial charge in [0.1, 0.15) is 11.8 Å². The smallest absolute Gasteiger partial charge is 0.246 e. The summed E-state index contributed by atoms with van der Waals surface area (Å²) in [6, 6.07) is 5.43. The van der Waals surface area contributed by atoms with Crippen molar-refractivity contribution in [1.29, 1.82) is 0 Å². The number of rotatable bonds is 4. The lowest BCUT2D eigenvalue weighted by Gasteiger charge is -2.10. The van der Waals surface area contributed by atoms with E-state index < -0.39 is 0 Å². The number of amides is 1. The third-order valence-corrected chi connectivity index (χ3v) is 2.69. The first-order chi connectivity index (χ1) is 7.76. The van der Waals surface area contributed by atoms with E-state index in [1.165, 1.54) is 0 Å². The van der Waals surface area contributed by atoms with E-state index in [2.05, 4.69) is 17.6 Å². The summed E-state index contributed by atoms with van der Waals surface area (Å²) in [5, 5.41) is 6.07. The Labute approximate surface area is 95.0 Å². The number of fused-ring (bicyclic) bond motifs is 1. The lowest BCUT2D eigenvalue weighted by atomic mass is 10.1. The van der Waals surface area contributed by atoms with Gasteiger partial charge in [-0.05, 0) is 19.0 Å². The molecule has 1 aromatic carbocycles. The first-order valence-corrected chi connectivity index (χ1v) is 5.48. The molecule has 0 saturated heterocycles. The van der Waals surface area contributed by atoms with E-state index in [1.54, 1.807) is 7.11 Å². The first-order valence-electron chi connectivity index (χ1n) is 5.48. The number of ether oxygens (including phenoxy) is 1. The number of hydrogen-bond acceptors (Lipinski definition) is 3. The highest BCUT2D eigenvalue weighted by Crippen LogP contribution is 2.33. The predicted octanol–water partition coefficient (Wildman–Crippen LogP) is 1.69. The minimum Gasteiger partial charge on any atom is -0.497 e. The Balaban J connectivity index is 2.24. The normalized spacial score (nSPS) is 18.1. The van der Waals surface area contributed by atoms with Crippen LogP contribution in [0.15, 0.2) is 18.2 Å². The molecule has 1 amide bonds. The van der Waals surface area contributed by atoms with Crippen molar-refractivity contribution in [2.45, 2.75) is 19.4 Å². The number of nitrogens with one attached hydrogen (secondary N) is 2. The van der Waals surface area contributed by atoms with Crippen LogP contribution in [0.2, 0.25) is 0 Å². The molecule has 4 heteroatoms. The number of carbonyl (C=O) groups excluding carboxylic acids is 1. The third-order valence-electron chi connectivity index (χ3n) is 2.69. The van der Waals surface area contributed by atoms with Crippen LogP contribution >= 0.6 is 0 Å². The minimum atomic E-state index is -0.221. The molecule has 1 unspecified atom stereocenters. The Bertz CT molecular complexity index is 404. The highest BCUT2D eigenvalue weighted by molar-refractivity contribution is 6.02. The molecule has 0 radical (unpaired) electrons. The van der Waals surface area contributed by atoms with Crippen molar-refractivity contribution in [3.8, 4) is 5.75 Å². The van der Waals surface area contributed by atoms with E-state index in [0.717, 1.165) is 30.0 Å². The zero-order valence-electron chi connectivity index (χ0n) is 9.54. The van der Waals surface area contributed by atoms with Crippen LogP contribution in [0.3, 0.4) is 0 Å². The SMILES string of the molecule is CCCNC1C(=O)Nc2cc(OC)ccc21. The summed E-state index contributed by atoms with van der Waals surface area (Å²) in [5.41, 5.74) is 1.84. The maximum absolute atomic E-state index is 11.7. The van der Waals surface area contributed by atoms with Gasteiger partial charge in [0, 0.05) is 17.3 Å². The van der Waals surface area contributed by atoms with Crippen molar-refractivity contribution in [2.24, 2.45) is 0 Å². The number of carbonyl (C=O) groups is 1. The van der Waals surface area contributed by atoms with Gasteiger partial charge in [0.2, 0.25) is 5.91 Å². The number of methoxy groups -OCH3 is 1. The van der Waals surface area contributed by atoms with Crippen molar-refractivity contribution in [3.05, 3.63) is 23.8 Å². The zero-order chi connectivity index (χ0) is 11.5. The van der Waals surface area contributed by atoms with Gasteiger partial charge < -0.3 is 15.4 Å². The van der Waals surface area contributed by atoms with Gasteiger partial charge in [-0.2, -0.15) is 0 Å². The van der Waals surface area contributed by atoms with Gasteiger partial charge in [-0.3, -0.25) is 4.79 Å². The van der Waals surface area contributed by atoms with Gasteiger partial charge in [-0.1, -0.05) is 13.0 Å². The van der Waals surface area contributed by atoms with E-state index >= 15 is 0 Å². The summed E-state index contributed by atoms with van der Waals surface area (Å²) < 4.78 is 5.12. The molecule has 0 saturated carbocycles. The van der Waals surface area contributed by atoms with Crippen LogP contribution in [0.25, 0.3) is 0 Å². The number of benzene rings is 1. The van der Waals surface area contributed by atoms with E-state index in [9.17, 15) is 4.79 Å². The van der Waals surface area contributed by atoms with Crippen LogP contribution < -0.4 is 15.4 Å². The second-order valence-corrected chi connectivity index (χ2v) is 3.83. The highest BCUT2D eigenvalue weighted by atomic mass is 16.5. The van der Waals surface area contributed by atoms with Gasteiger partial charge in [-0.15, -0.1) is 0 Å². The summed E-state index contributed by atoms with van der Waals surface area (Å²) in [4.78, 5) is 11.7. The number of hydrogen-bond donors (Lipinski definition) is 2. The lowest BCUT2D eigenvalue weighted by Crippen LogP contribution is -2.27. The van der Waals surface area contributed by atoms with E-state index in [0.29, 0.717) is 0 Å². The Kier molecular flexibility index (Phi) is 3.10. The Morgan fingerprint density at radius 1 is 1.50 bits per heavy atom. The van der Waals surface area contributed by atoms with Gasteiger partial charge in [-0.25, -0.2) is 0 Å². The van der Waals surface area contributed by atoms with Crippen molar-refractivity contribution in [3.63, 3.8) is 0 Å². The Hall–Kier alpha value is -1.55. The molecule has 0 aliphatic carbocycles. The summed E-state index contributed by atoms with van der Waals surface area (Å²) in [7, 11) is 1.62. The van der Waals surface area contributed by atoms with Crippen LogP contribution in [-0.2, 0) is 4.79 Å². The molecule has 2 rings (SSSR count). The van der Waals surface area contributed by atoms with Gasteiger partial charge in [0.15, 0.2) is 0 Å². The zero-order valence-corrected chi connectivity index (χ0v) is 9.54. The summed E-state index contributed by atoms with van der Waals surface area (Å²) in [5.74, 6) is 0.770. The van der Waals surface area contributed by atoms with Crippen molar-refractivity contribution in [2.75, 3.05) is 19.0 Å². The van der Waals surface area contributed by atoms with Crippen molar-refractivity contribution < 1.29 is 9.53 Å². The average molecular weight is 220 g/mol. The molecular formula is C12H16N2O2. The maximum atomic E-state index is 11.7. The molecule has 1 heterocycles. The van der Waals surface area contributed by atoms with E-state index in [4.69, 9.17) is 4.74 Å². The summed E-state index contributed by atoms with van der Waals surface area (Å²) in [6.45, 7) is 2.92. The fraction of sp³-hybridized carbons (Fsp3) is 0.417. The lowest BCUT2D eigenvalue weighted by molar-refractivity contribution is -0.117. The molecule has 0 spiro atoms. The molecule has 0 fully saturated rings. The molecule has 4 nitrogen and oxygen atoms in total. The van der Waals surface area contributed by atoms with E-state index in [-0.39, 0.29) is 11.9 Å². The quantitative estimate of drug-likeness (QED) is 0.811. The predicted molar refractivity (Wildman–Crippen MR) is 62.7 cm³/mol. The second kappa shape index (κ2) is 4.53. The molecule has 1 atom stereocenters. The van der Waals surface area contributed by atoms with Crippen LogP contribution in [0.5, 0.6) is 5.75 Å². The minimum absolute atomic E-state index is 0.0108. The Morgan fingerprint density at radius 2 is 2.31 bits per heavy atom. The van der Waals surface area contributed by atoms with Crippen molar-refractivity contribution in [1.82, 2.24) is 5.32 Å². The Morgan fingerprint density at radius 3 is 3.00 bits per heavy atom. The highest BCUT2D eigenvalue weighted by Gasteiger charge is 2.29. The molecule has 0 bridgehead atoms. The van der Waals surface area contributed by atoms with Crippen LogP contribution in [0.1, 0.15) is 24.9 Å². The molecule has 1 aliphatic rings. The third kappa shape index (κ3) is 1.88. The largest absolute Gasteiger partial charge is 0.497 e. The molecule has 1 aromatic rings. The summed E-state index contributed by atoms with van der Waals surface area (Å²) >= 11 is 0. The molecule has 1 aliphatic heterocycles. The standard InChI is InChI=1S/C12H16N2O2/c1-3-6-13-11-9-5-4-8(16-2)7-10(9)14-12(11)15/h4-5,7,11,13H,3,6H2,1-2H3,(H,14,15). The topological polar surface area (TPSA) is 50.4 Å². The monoisotopic (exact) mass is 220 g/mol. The fourth-order valence-electron chi connectivity index (χ4n) is 1.86. The number of anilines is 1. The molecule has 86 valence electrons. The van der Waals surface area contributed by atoms with Crippen molar-refractivity contribution >= 4 is 11.6 Å². The van der Waals surface area contributed by atoms with E-state index in [1.807, 2.05) is 18.2 Å². The molecule has 0 aromatic heterocycles. The van der Waals surface area contributed by atoms with Crippen LogP contribution in [0.4, 0.5) is 5.69 Å². The molecule has 2 N–H and O–H groups in total. The van der Waals surface area contributed by atoms with Crippen LogP contribution in [0, 0.1) is 0 Å². The summed E-state index contributed by atoms with van der Waals surface area (Å²) in [6.07, 6.45) is 1.01. The van der Waals surface area contributed by atoms with Gasteiger partial charge >= 0.3 is 0 Å².